The Kier molecular flexibility index (Phi) is 4.39. The molecule has 19 heavy (non-hydrogen) atoms. The highest BCUT2D eigenvalue weighted by Gasteiger charge is 2.09. The van der Waals surface area contributed by atoms with Crippen molar-refractivity contribution in [2.24, 2.45) is 0 Å². The first-order valence-corrected chi connectivity index (χ1v) is 6.97. The van der Waals surface area contributed by atoms with E-state index in [1.54, 1.807) is 30.5 Å². The van der Waals surface area contributed by atoms with E-state index in [9.17, 15) is 4.79 Å². The molecule has 0 bridgehead atoms. The zero-order valence-corrected chi connectivity index (χ0v) is 12.2. The van der Waals surface area contributed by atoms with Gasteiger partial charge in [0.25, 0.3) is 5.91 Å². The smallest absolute Gasteiger partial charge is 0.251 e. The fraction of sp³-hybridized carbons (Fsp3) is 0.231. The molecule has 2 aromatic rings. The van der Waals surface area contributed by atoms with E-state index in [-0.39, 0.29) is 5.91 Å². The Bertz CT molecular complexity index is 597. The van der Waals surface area contributed by atoms with Crippen molar-refractivity contribution in [2.75, 3.05) is 12.4 Å². The Balaban J connectivity index is 2.05. The van der Waals surface area contributed by atoms with Gasteiger partial charge in [0.2, 0.25) is 0 Å². The van der Waals surface area contributed by atoms with Crippen molar-refractivity contribution in [2.45, 2.75) is 13.5 Å². The molecule has 0 saturated carbocycles. The topological polar surface area (TPSA) is 54.0 Å². The fourth-order valence-electron chi connectivity index (χ4n) is 1.61. The molecule has 2 rings (SSSR count). The van der Waals surface area contributed by atoms with Gasteiger partial charge in [-0.15, -0.1) is 11.3 Å². The van der Waals surface area contributed by atoms with Gasteiger partial charge >= 0.3 is 0 Å². The monoisotopic (exact) mass is 295 g/mol. The van der Waals surface area contributed by atoms with Crippen molar-refractivity contribution in [1.82, 2.24) is 10.3 Å². The summed E-state index contributed by atoms with van der Waals surface area (Å²) < 4.78 is 0. The number of hydrogen-bond acceptors (Lipinski definition) is 4. The molecular weight excluding hydrogens is 282 g/mol. The van der Waals surface area contributed by atoms with Gasteiger partial charge in [-0.3, -0.25) is 4.79 Å². The first-order valence-electron chi connectivity index (χ1n) is 5.77. The van der Waals surface area contributed by atoms with Crippen LogP contribution in [0.15, 0.2) is 24.3 Å². The lowest BCUT2D eigenvalue weighted by atomic mass is 10.2. The number of hydrogen-bond donors (Lipinski definition) is 2. The number of aromatic nitrogens is 1. The summed E-state index contributed by atoms with van der Waals surface area (Å²) >= 11 is 7.53. The largest absolute Gasteiger partial charge is 0.373 e. The molecule has 0 aliphatic carbocycles. The zero-order valence-electron chi connectivity index (χ0n) is 10.7. The molecule has 0 radical (unpaired) electrons. The van der Waals surface area contributed by atoms with Gasteiger partial charge in [0.05, 0.1) is 6.54 Å². The van der Waals surface area contributed by atoms with Crippen LogP contribution in [0.3, 0.4) is 0 Å². The van der Waals surface area contributed by atoms with Gasteiger partial charge in [0.15, 0.2) is 0 Å². The van der Waals surface area contributed by atoms with Gasteiger partial charge in [-0.1, -0.05) is 11.6 Å². The Hall–Kier alpha value is -1.59. The molecule has 0 spiro atoms. The second-order valence-corrected chi connectivity index (χ2v) is 5.77. The number of aryl methyl sites for hydroxylation is 1. The molecule has 0 aliphatic heterocycles. The molecule has 0 aliphatic rings. The lowest BCUT2D eigenvalue weighted by Crippen LogP contribution is -2.22. The fourth-order valence-corrected chi connectivity index (χ4v) is 2.64. The highest BCUT2D eigenvalue weighted by atomic mass is 35.5. The van der Waals surface area contributed by atoms with Crippen LogP contribution in [0, 0.1) is 6.92 Å². The van der Waals surface area contributed by atoms with Crippen LogP contribution in [0.2, 0.25) is 5.15 Å². The van der Waals surface area contributed by atoms with Crippen LogP contribution in [0.4, 0.5) is 5.82 Å². The Morgan fingerprint density at radius 3 is 2.84 bits per heavy atom. The third kappa shape index (κ3) is 3.68. The number of carbonyl (C=O) groups excluding carboxylic acids is 1. The van der Waals surface area contributed by atoms with Gasteiger partial charge in [-0.05, 0) is 31.2 Å². The van der Waals surface area contributed by atoms with Crippen molar-refractivity contribution in [3.63, 3.8) is 0 Å². The van der Waals surface area contributed by atoms with Crippen molar-refractivity contribution in [1.29, 1.82) is 0 Å². The molecule has 0 saturated heterocycles. The number of nitrogens with one attached hydrogen (secondary N) is 2. The van der Waals surface area contributed by atoms with E-state index in [4.69, 9.17) is 11.6 Å². The molecule has 1 amide bonds. The first kappa shape index (κ1) is 13.8. The van der Waals surface area contributed by atoms with Crippen molar-refractivity contribution in [3.05, 3.63) is 44.7 Å². The molecule has 2 N–H and O–H groups in total. The molecule has 0 atom stereocenters. The normalized spacial score (nSPS) is 10.3. The number of halogens is 1. The van der Waals surface area contributed by atoms with E-state index in [1.165, 1.54) is 4.88 Å². The third-order valence-electron chi connectivity index (χ3n) is 2.53. The molecule has 2 aromatic heterocycles. The average molecular weight is 296 g/mol. The van der Waals surface area contributed by atoms with Crippen molar-refractivity contribution < 1.29 is 4.79 Å². The van der Waals surface area contributed by atoms with E-state index in [2.05, 4.69) is 15.6 Å². The number of anilines is 1. The summed E-state index contributed by atoms with van der Waals surface area (Å²) in [4.78, 5) is 18.4. The number of rotatable bonds is 4. The molecule has 2 heterocycles. The van der Waals surface area contributed by atoms with Crippen LogP contribution in [0.5, 0.6) is 0 Å². The van der Waals surface area contributed by atoms with Gasteiger partial charge < -0.3 is 10.6 Å². The highest BCUT2D eigenvalue weighted by Crippen LogP contribution is 2.16. The average Bonchev–Trinajstić information content (AvgIpc) is 2.81. The van der Waals surface area contributed by atoms with Crippen LogP contribution in [0.1, 0.15) is 20.1 Å². The Morgan fingerprint density at radius 2 is 2.21 bits per heavy atom. The predicted molar refractivity (Wildman–Crippen MR) is 79.0 cm³/mol. The lowest BCUT2D eigenvalue weighted by Gasteiger charge is -2.06. The standard InChI is InChI=1S/C13H14ClN3OS/c1-8-3-4-10(19-8)7-16-13(18)9-5-11(14)17-12(6-9)15-2/h3-6H,7H2,1-2H3,(H,15,17)(H,16,18). The predicted octanol–water partition coefficient (Wildman–Crippen LogP) is 3.08. The Labute approximate surface area is 120 Å². The molecule has 0 fully saturated rings. The maximum absolute atomic E-state index is 12.0. The third-order valence-corrected chi connectivity index (χ3v) is 3.73. The second-order valence-electron chi connectivity index (χ2n) is 4.01. The summed E-state index contributed by atoms with van der Waals surface area (Å²) in [5, 5.41) is 6.03. The maximum atomic E-state index is 12.0. The summed E-state index contributed by atoms with van der Waals surface area (Å²) in [7, 11) is 1.73. The van der Waals surface area contributed by atoms with Crippen molar-refractivity contribution >= 4 is 34.7 Å². The highest BCUT2D eigenvalue weighted by molar-refractivity contribution is 7.11. The number of amides is 1. The van der Waals surface area contributed by atoms with Gasteiger partial charge in [0.1, 0.15) is 11.0 Å². The number of thiophene rings is 1. The summed E-state index contributed by atoms with van der Waals surface area (Å²) in [6.07, 6.45) is 0. The van der Waals surface area contributed by atoms with E-state index in [1.807, 2.05) is 19.1 Å². The maximum Gasteiger partial charge on any atom is 0.251 e. The van der Waals surface area contributed by atoms with Crippen LogP contribution >= 0.6 is 22.9 Å². The SMILES string of the molecule is CNc1cc(C(=O)NCc2ccc(C)s2)cc(Cl)n1. The Morgan fingerprint density at radius 1 is 1.42 bits per heavy atom. The summed E-state index contributed by atoms with van der Waals surface area (Å²) in [5.41, 5.74) is 0.498. The molecule has 0 aromatic carbocycles. The lowest BCUT2D eigenvalue weighted by molar-refractivity contribution is 0.0951. The summed E-state index contributed by atoms with van der Waals surface area (Å²) in [6.45, 7) is 2.56. The second kappa shape index (κ2) is 6.04. The molecule has 4 nitrogen and oxygen atoms in total. The van der Waals surface area contributed by atoms with E-state index in [0.717, 1.165) is 4.88 Å². The quantitative estimate of drug-likeness (QED) is 0.852. The van der Waals surface area contributed by atoms with Crippen LogP contribution < -0.4 is 10.6 Å². The summed E-state index contributed by atoms with van der Waals surface area (Å²) in [5.74, 6) is 0.413. The zero-order chi connectivity index (χ0) is 13.8. The van der Waals surface area contributed by atoms with Crippen LogP contribution in [-0.2, 0) is 6.54 Å². The van der Waals surface area contributed by atoms with E-state index >= 15 is 0 Å². The van der Waals surface area contributed by atoms with E-state index in [0.29, 0.717) is 23.1 Å². The molecule has 0 unspecified atom stereocenters. The minimum atomic E-state index is -0.160. The molecule has 6 heteroatoms. The van der Waals surface area contributed by atoms with Gasteiger partial charge in [0, 0.05) is 22.4 Å². The minimum absolute atomic E-state index is 0.160. The van der Waals surface area contributed by atoms with Crippen molar-refractivity contribution in [3.8, 4) is 0 Å². The number of carbonyl (C=O) groups is 1. The van der Waals surface area contributed by atoms with Crippen LogP contribution in [-0.4, -0.2) is 17.9 Å². The van der Waals surface area contributed by atoms with Crippen LogP contribution in [0.25, 0.3) is 0 Å². The van der Waals surface area contributed by atoms with E-state index < -0.39 is 0 Å². The molecule has 100 valence electrons. The number of nitrogens with zero attached hydrogens (tertiary/aromatic N) is 1. The summed E-state index contributed by atoms with van der Waals surface area (Å²) in [6, 6.07) is 7.27. The minimum Gasteiger partial charge on any atom is -0.373 e. The number of pyridine rings is 1. The van der Waals surface area contributed by atoms with Gasteiger partial charge in [-0.2, -0.15) is 0 Å². The molecular formula is C13H14ClN3OS. The van der Waals surface area contributed by atoms with Gasteiger partial charge in [-0.25, -0.2) is 4.98 Å². The first-order chi connectivity index (χ1) is 9.08.